The molecule has 0 fully saturated rings. The lowest BCUT2D eigenvalue weighted by atomic mass is 10.1. The topological polar surface area (TPSA) is 86.3 Å². The first-order valence-corrected chi connectivity index (χ1v) is 6.18. The maximum Gasteiger partial charge on any atom is 0.416 e. The number of carbonyl (C=O) groups is 1. The highest BCUT2D eigenvalue weighted by Gasteiger charge is 2.30. The van der Waals surface area contributed by atoms with Gasteiger partial charge in [-0.2, -0.15) is 18.4 Å². The van der Waals surface area contributed by atoms with E-state index in [1.54, 1.807) is 0 Å². The smallest absolute Gasteiger partial charge is 0.416 e. The van der Waals surface area contributed by atoms with E-state index in [0.717, 1.165) is 24.3 Å². The Kier molecular flexibility index (Phi) is 4.41. The molecule has 0 atom stereocenters. The summed E-state index contributed by atoms with van der Waals surface area (Å²) in [6.07, 6.45) is -3.24. The van der Waals surface area contributed by atoms with Gasteiger partial charge in [0.15, 0.2) is 17.1 Å². The second-order valence-corrected chi connectivity index (χ2v) is 4.34. The first kappa shape index (κ1) is 16.2. The van der Waals surface area contributed by atoms with Gasteiger partial charge in [-0.05, 0) is 36.4 Å². The van der Waals surface area contributed by atoms with Crippen molar-refractivity contribution in [1.29, 1.82) is 5.26 Å². The number of alkyl halides is 3. The fourth-order valence-electron chi connectivity index (χ4n) is 1.68. The molecule has 2 rings (SSSR count). The number of nitrogens with zero attached hydrogens (tertiary/aromatic N) is 1. The van der Waals surface area contributed by atoms with Crippen LogP contribution in [0.1, 0.15) is 11.3 Å². The highest BCUT2D eigenvalue weighted by Crippen LogP contribution is 2.30. The fraction of sp³-hybridized carbons (Fsp3) is 0.0667. The van der Waals surface area contributed by atoms with Crippen molar-refractivity contribution in [2.24, 2.45) is 0 Å². The summed E-state index contributed by atoms with van der Waals surface area (Å²) < 4.78 is 42.2. The minimum Gasteiger partial charge on any atom is -0.503 e. The van der Waals surface area contributed by atoms with Crippen molar-refractivity contribution in [3.05, 3.63) is 59.6 Å². The Labute approximate surface area is 128 Å². The summed E-state index contributed by atoms with van der Waals surface area (Å²) in [4.78, 5) is 11.9. The molecule has 0 unspecified atom stereocenters. The molecule has 0 aliphatic rings. The number of aliphatic hydroxyl groups is 1. The number of anilines is 1. The summed E-state index contributed by atoms with van der Waals surface area (Å²) in [5, 5.41) is 21.0. The second kappa shape index (κ2) is 6.27. The van der Waals surface area contributed by atoms with Crippen LogP contribution in [0.3, 0.4) is 0 Å². The van der Waals surface area contributed by atoms with Crippen molar-refractivity contribution in [3.63, 3.8) is 0 Å². The molecule has 0 spiro atoms. The highest BCUT2D eigenvalue weighted by atomic mass is 19.4. The van der Waals surface area contributed by atoms with Crippen molar-refractivity contribution < 1.29 is 27.5 Å². The summed E-state index contributed by atoms with van der Waals surface area (Å²) in [5.74, 6) is -1.72. The van der Waals surface area contributed by atoms with Gasteiger partial charge in [-0.1, -0.05) is 0 Å². The quantitative estimate of drug-likeness (QED) is 0.512. The third kappa shape index (κ3) is 3.71. The van der Waals surface area contributed by atoms with E-state index in [0.29, 0.717) is 0 Å². The zero-order chi connectivity index (χ0) is 17.0. The Morgan fingerprint density at radius 3 is 2.35 bits per heavy atom. The summed E-state index contributed by atoms with van der Waals surface area (Å²) >= 11 is 0. The van der Waals surface area contributed by atoms with Gasteiger partial charge < -0.3 is 14.8 Å². The molecule has 0 aliphatic heterocycles. The van der Waals surface area contributed by atoms with Crippen LogP contribution >= 0.6 is 0 Å². The van der Waals surface area contributed by atoms with Crippen LogP contribution in [-0.2, 0) is 11.0 Å². The number of nitriles is 1. The maximum absolute atomic E-state index is 12.4. The van der Waals surface area contributed by atoms with Crippen LogP contribution in [0.4, 0.5) is 18.9 Å². The van der Waals surface area contributed by atoms with Crippen molar-refractivity contribution in [3.8, 4) is 6.07 Å². The molecule has 118 valence electrons. The van der Waals surface area contributed by atoms with Crippen molar-refractivity contribution in [1.82, 2.24) is 0 Å². The molecule has 1 aromatic heterocycles. The van der Waals surface area contributed by atoms with E-state index < -0.39 is 29.0 Å². The lowest BCUT2D eigenvalue weighted by molar-refractivity contribution is -0.137. The number of halogens is 3. The normalized spacial score (nSPS) is 12.3. The molecular formula is C15H9F3N2O3. The Morgan fingerprint density at radius 2 is 1.87 bits per heavy atom. The molecule has 0 radical (unpaired) electrons. The highest BCUT2D eigenvalue weighted by molar-refractivity contribution is 6.10. The number of hydrogen-bond acceptors (Lipinski definition) is 4. The molecule has 0 bridgehead atoms. The van der Waals surface area contributed by atoms with Crippen LogP contribution < -0.4 is 5.32 Å². The monoisotopic (exact) mass is 322 g/mol. The lowest BCUT2D eigenvalue weighted by Gasteiger charge is -2.08. The summed E-state index contributed by atoms with van der Waals surface area (Å²) in [6.45, 7) is 0. The number of rotatable bonds is 3. The van der Waals surface area contributed by atoms with Crippen LogP contribution in [-0.4, -0.2) is 11.0 Å². The predicted octanol–water partition coefficient (Wildman–Crippen LogP) is 3.73. The fourth-order valence-corrected chi connectivity index (χ4v) is 1.68. The molecule has 8 heteroatoms. The Hall–Kier alpha value is -3.21. The van der Waals surface area contributed by atoms with Gasteiger partial charge in [-0.15, -0.1) is 0 Å². The van der Waals surface area contributed by atoms with Crippen molar-refractivity contribution in [2.45, 2.75) is 6.18 Å². The average molecular weight is 322 g/mol. The van der Waals surface area contributed by atoms with Gasteiger partial charge in [0.25, 0.3) is 5.91 Å². The van der Waals surface area contributed by atoms with Crippen LogP contribution in [0.15, 0.2) is 52.7 Å². The van der Waals surface area contributed by atoms with E-state index >= 15 is 0 Å². The third-order valence-corrected chi connectivity index (χ3v) is 2.80. The van der Waals surface area contributed by atoms with Gasteiger partial charge in [0, 0.05) is 5.69 Å². The van der Waals surface area contributed by atoms with E-state index in [1.807, 2.05) is 0 Å². The standard InChI is InChI=1S/C15H9F3N2O3/c16-15(17,18)9-3-5-10(6-4-9)20-14(22)11(8-19)13(21)12-2-1-7-23-12/h1-7,21H,(H,20,22)/b13-11-. The molecular weight excluding hydrogens is 313 g/mol. The Balaban J connectivity index is 2.21. The molecule has 5 nitrogen and oxygen atoms in total. The van der Waals surface area contributed by atoms with Crippen LogP contribution in [0, 0.1) is 11.3 Å². The van der Waals surface area contributed by atoms with E-state index in [-0.39, 0.29) is 11.4 Å². The van der Waals surface area contributed by atoms with E-state index in [2.05, 4.69) is 5.32 Å². The van der Waals surface area contributed by atoms with E-state index in [1.165, 1.54) is 24.5 Å². The number of benzene rings is 1. The first-order chi connectivity index (χ1) is 10.8. The number of hydrogen-bond donors (Lipinski definition) is 2. The Morgan fingerprint density at radius 1 is 1.22 bits per heavy atom. The average Bonchev–Trinajstić information content (AvgIpc) is 3.01. The summed E-state index contributed by atoms with van der Waals surface area (Å²) in [5.41, 5.74) is -1.45. The number of nitrogens with one attached hydrogen (secondary N) is 1. The largest absolute Gasteiger partial charge is 0.503 e. The molecule has 1 aromatic carbocycles. The number of furan rings is 1. The molecule has 0 saturated heterocycles. The molecule has 1 heterocycles. The van der Waals surface area contributed by atoms with Gasteiger partial charge in [-0.3, -0.25) is 4.79 Å². The molecule has 23 heavy (non-hydrogen) atoms. The third-order valence-electron chi connectivity index (χ3n) is 2.80. The number of amides is 1. The second-order valence-electron chi connectivity index (χ2n) is 4.34. The number of aliphatic hydroxyl groups excluding tert-OH is 1. The van der Waals surface area contributed by atoms with Gasteiger partial charge in [0.2, 0.25) is 0 Å². The minimum absolute atomic E-state index is 0.0444. The van der Waals surface area contributed by atoms with Gasteiger partial charge in [0.05, 0.1) is 11.8 Å². The van der Waals surface area contributed by atoms with E-state index in [4.69, 9.17) is 9.68 Å². The van der Waals surface area contributed by atoms with E-state index in [9.17, 15) is 23.1 Å². The molecule has 1 amide bonds. The SMILES string of the molecule is N#C/C(C(=O)Nc1ccc(C(F)(F)F)cc1)=C(/O)c1ccco1. The van der Waals surface area contributed by atoms with Crippen LogP contribution in [0.25, 0.3) is 5.76 Å². The van der Waals surface area contributed by atoms with Crippen LogP contribution in [0.5, 0.6) is 0 Å². The maximum atomic E-state index is 12.4. The van der Waals surface area contributed by atoms with Crippen molar-refractivity contribution >= 4 is 17.4 Å². The zero-order valence-corrected chi connectivity index (χ0v) is 11.4. The van der Waals surface area contributed by atoms with Crippen LogP contribution in [0.2, 0.25) is 0 Å². The molecule has 2 aromatic rings. The summed E-state index contributed by atoms with van der Waals surface area (Å²) in [7, 11) is 0. The minimum atomic E-state index is -4.49. The Bertz CT molecular complexity index is 770. The molecule has 0 aliphatic carbocycles. The predicted molar refractivity (Wildman–Crippen MR) is 73.9 cm³/mol. The zero-order valence-electron chi connectivity index (χ0n) is 11.4. The summed E-state index contributed by atoms with van der Waals surface area (Å²) in [6, 6.07) is 7.98. The van der Waals surface area contributed by atoms with Crippen molar-refractivity contribution in [2.75, 3.05) is 5.32 Å². The van der Waals surface area contributed by atoms with Gasteiger partial charge >= 0.3 is 6.18 Å². The lowest BCUT2D eigenvalue weighted by Crippen LogP contribution is -2.15. The molecule has 2 N–H and O–H groups in total. The van der Waals surface area contributed by atoms with Gasteiger partial charge in [0.1, 0.15) is 6.07 Å². The number of carbonyl (C=O) groups excluding carboxylic acids is 1. The molecule has 0 saturated carbocycles. The van der Waals surface area contributed by atoms with Gasteiger partial charge in [-0.25, -0.2) is 0 Å². The first-order valence-electron chi connectivity index (χ1n) is 6.18.